The second kappa shape index (κ2) is 6.08. The molecule has 0 aromatic carbocycles. The van der Waals surface area contributed by atoms with Crippen molar-refractivity contribution in [1.29, 1.82) is 0 Å². The average Bonchev–Trinajstić information content (AvgIpc) is 1.97. The summed E-state index contributed by atoms with van der Waals surface area (Å²) in [4.78, 5) is 4.05. The summed E-state index contributed by atoms with van der Waals surface area (Å²) in [6.07, 6.45) is 7.55. The van der Waals surface area contributed by atoms with Gasteiger partial charge in [0.25, 0.3) is 0 Å². The van der Waals surface area contributed by atoms with Crippen molar-refractivity contribution in [2.45, 2.75) is 13.8 Å². The van der Waals surface area contributed by atoms with Gasteiger partial charge in [-0.15, -0.1) is 0 Å². The van der Waals surface area contributed by atoms with Crippen molar-refractivity contribution in [3.63, 3.8) is 0 Å². The number of allylic oxidation sites excluding steroid dienone is 4. The lowest BCUT2D eigenvalue weighted by molar-refractivity contribution is 1.18. The first-order chi connectivity index (χ1) is 4.81. The molecule has 2 heteroatoms. The SMILES string of the molecule is C\C=C/C=C(C)/N=C\NC. The van der Waals surface area contributed by atoms with E-state index in [1.54, 1.807) is 6.34 Å². The lowest BCUT2D eigenvalue weighted by atomic mass is 10.4. The van der Waals surface area contributed by atoms with Gasteiger partial charge in [0.05, 0.1) is 6.34 Å². The van der Waals surface area contributed by atoms with Crippen LogP contribution in [0, 0.1) is 0 Å². The van der Waals surface area contributed by atoms with Crippen molar-refractivity contribution in [3.05, 3.63) is 23.9 Å². The van der Waals surface area contributed by atoms with Gasteiger partial charge in [-0.05, 0) is 19.9 Å². The Kier molecular flexibility index (Phi) is 5.44. The molecule has 0 aromatic rings. The highest BCUT2D eigenvalue weighted by Crippen LogP contribution is 1.92. The molecule has 0 saturated carbocycles. The van der Waals surface area contributed by atoms with Crippen LogP contribution in [0.5, 0.6) is 0 Å². The van der Waals surface area contributed by atoms with E-state index in [-0.39, 0.29) is 0 Å². The van der Waals surface area contributed by atoms with E-state index in [9.17, 15) is 0 Å². The van der Waals surface area contributed by atoms with Gasteiger partial charge in [-0.1, -0.05) is 12.2 Å². The molecule has 1 N–H and O–H groups in total. The second-order valence-corrected chi connectivity index (χ2v) is 1.88. The van der Waals surface area contributed by atoms with Gasteiger partial charge in [0, 0.05) is 12.7 Å². The Morgan fingerprint density at radius 3 is 2.70 bits per heavy atom. The fraction of sp³-hybridized carbons (Fsp3) is 0.375. The van der Waals surface area contributed by atoms with Gasteiger partial charge in [0.2, 0.25) is 0 Å². The lowest BCUT2D eigenvalue weighted by Gasteiger charge is -1.87. The monoisotopic (exact) mass is 138 g/mol. The molecule has 0 aliphatic carbocycles. The number of rotatable bonds is 3. The van der Waals surface area contributed by atoms with Crippen molar-refractivity contribution in [2.75, 3.05) is 7.05 Å². The molecule has 0 amide bonds. The fourth-order valence-corrected chi connectivity index (χ4v) is 0.445. The van der Waals surface area contributed by atoms with Crippen molar-refractivity contribution >= 4 is 6.34 Å². The Labute approximate surface area is 62.4 Å². The minimum Gasteiger partial charge on any atom is -0.379 e. The fourth-order valence-electron chi connectivity index (χ4n) is 0.445. The molecule has 0 saturated heterocycles. The zero-order chi connectivity index (χ0) is 7.82. The van der Waals surface area contributed by atoms with Crippen LogP contribution in [0.3, 0.4) is 0 Å². The van der Waals surface area contributed by atoms with Crippen molar-refractivity contribution in [1.82, 2.24) is 5.32 Å². The van der Waals surface area contributed by atoms with E-state index in [1.807, 2.05) is 39.1 Å². The van der Waals surface area contributed by atoms with Gasteiger partial charge in [-0.25, -0.2) is 4.99 Å². The lowest BCUT2D eigenvalue weighted by Crippen LogP contribution is -2.00. The molecule has 0 bridgehead atoms. The van der Waals surface area contributed by atoms with Crippen LogP contribution in [0.1, 0.15) is 13.8 Å². The van der Waals surface area contributed by atoms with Gasteiger partial charge in [-0.3, -0.25) is 0 Å². The molecule has 0 unspecified atom stereocenters. The molecule has 0 atom stereocenters. The first-order valence-electron chi connectivity index (χ1n) is 3.30. The van der Waals surface area contributed by atoms with Crippen molar-refractivity contribution < 1.29 is 0 Å². The molecule has 0 fully saturated rings. The molecule has 0 aliphatic rings. The van der Waals surface area contributed by atoms with Gasteiger partial charge >= 0.3 is 0 Å². The van der Waals surface area contributed by atoms with Crippen LogP contribution < -0.4 is 5.32 Å². The van der Waals surface area contributed by atoms with Gasteiger partial charge < -0.3 is 5.32 Å². The summed E-state index contributed by atoms with van der Waals surface area (Å²) in [5, 5.41) is 2.82. The van der Waals surface area contributed by atoms with E-state index in [0.29, 0.717) is 0 Å². The summed E-state index contributed by atoms with van der Waals surface area (Å²) < 4.78 is 0. The van der Waals surface area contributed by atoms with Gasteiger partial charge in [-0.2, -0.15) is 0 Å². The van der Waals surface area contributed by atoms with E-state index in [2.05, 4.69) is 10.3 Å². The Morgan fingerprint density at radius 2 is 2.20 bits per heavy atom. The van der Waals surface area contributed by atoms with Crippen molar-refractivity contribution in [3.8, 4) is 0 Å². The number of nitrogens with one attached hydrogen (secondary N) is 1. The molecule has 0 aromatic heterocycles. The van der Waals surface area contributed by atoms with E-state index >= 15 is 0 Å². The topological polar surface area (TPSA) is 24.4 Å². The minimum atomic E-state index is 0.993. The van der Waals surface area contributed by atoms with Gasteiger partial charge in [0.1, 0.15) is 0 Å². The summed E-state index contributed by atoms with van der Waals surface area (Å²) >= 11 is 0. The summed E-state index contributed by atoms with van der Waals surface area (Å²) in [5.74, 6) is 0. The summed E-state index contributed by atoms with van der Waals surface area (Å²) in [6, 6.07) is 0. The van der Waals surface area contributed by atoms with Crippen LogP contribution in [-0.4, -0.2) is 13.4 Å². The molecule has 2 nitrogen and oxygen atoms in total. The third-order valence-electron chi connectivity index (χ3n) is 0.927. The van der Waals surface area contributed by atoms with Crippen LogP contribution in [-0.2, 0) is 0 Å². The molecule has 0 rings (SSSR count). The minimum absolute atomic E-state index is 0.993. The predicted molar refractivity (Wildman–Crippen MR) is 46.1 cm³/mol. The summed E-state index contributed by atoms with van der Waals surface area (Å²) in [7, 11) is 1.83. The predicted octanol–water partition coefficient (Wildman–Crippen LogP) is 1.71. The molecule has 10 heavy (non-hydrogen) atoms. The highest BCUT2D eigenvalue weighted by molar-refractivity contribution is 5.55. The maximum absolute atomic E-state index is 4.05. The van der Waals surface area contributed by atoms with Crippen LogP contribution in [0.25, 0.3) is 0 Å². The van der Waals surface area contributed by atoms with E-state index in [4.69, 9.17) is 0 Å². The normalized spacial score (nSPS) is 13.3. The highest BCUT2D eigenvalue weighted by atomic mass is 14.9. The molecular formula is C8H14N2. The zero-order valence-electron chi connectivity index (χ0n) is 6.76. The number of hydrogen-bond donors (Lipinski definition) is 1. The van der Waals surface area contributed by atoms with Crippen LogP contribution in [0.2, 0.25) is 0 Å². The molecule has 0 spiro atoms. The smallest absolute Gasteiger partial charge is 0.0879 e. The van der Waals surface area contributed by atoms with Crippen LogP contribution >= 0.6 is 0 Å². The molecular weight excluding hydrogens is 124 g/mol. The van der Waals surface area contributed by atoms with Crippen molar-refractivity contribution in [2.24, 2.45) is 4.99 Å². The molecule has 56 valence electrons. The Balaban J connectivity index is 3.81. The second-order valence-electron chi connectivity index (χ2n) is 1.88. The maximum Gasteiger partial charge on any atom is 0.0879 e. The highest BCUT2D eigenvalue weighted by Gasteiger charge is 1.75. The molecule has 0 radical (unpaired) electrons. The standard InChI is InChI=1S/C8H14N2/c1-4-5-6-8(2)10-7-9-3/h4-7H,1-3H3,(H,9,10)/b5-4-,8-6+. The quantitative estimate of drug-likeness (QED) is 0.358. The maximum atomic E-state index is 4.05. The van der Waals surface area contributed by atoms with Crippen LogP contribution in [0.4, 0.5) is 0 Å². The largest absolute Gasteiger partial charge is 0.379 e. The first-order valence-corrected chi connectivity index (χ1v) is 3.30. The zero-order valence-corrected chi connectivity index (χ0v) is 6.76. The van der Waals surface area contributed by atoms with Gasteiger partial charge in [0.15, 0.2) is 0 Å². The number of nitrogens with zero attached hydrogens (tertiary/aromatic N) is 1. The van der Waals surface area contributed by atoms with Crippen LogP contribution in [0.15, 0.2) is 28.9 Å². The molecule has 0 heterocycles. The Hall–Kier alpha value is -1.05. The third kappa shape index (κ3) is 5.09. The molecule has 0 aliphatic heterocycles. The number of hydrogen-bond acceptors (Lipinski definition) is 1. The summed E-state index contributed by atoms with van der Waals surface area (Å²) in [6.45, 7) is 3.93. The van der Waals surface area contributed by atoms with E-state index < -0.39 is 0 Å². The first kappa shape index (κ1) is 8.95. The van der Waals surface area contributed by atoms with E-state index in [1.165, 1.54) is 0 Å². The Morgan fingerprint density at radius 1 is 1.50 bits per heavy atom. The summed E-state index contributed by atoms with van der Waals surface area (Å²) in [5.41, 5.74) is 0.993. The average molecular weight is 138 g/mol. The third-order valence-corrected chi connectivity index (χ3v) is 0.927. The Bertz CT molecular complexity index is 155. The van der Waals surface area contributed by atoms with E-state index in [0.717, 1.165) is 5.70 Å². The number of aliphatic imine (C=N–C) groups is 1.